The Balaban J connectivity index is 1.80. The van der Waals surface area contributed by atoms with Gasteiger partial charge < -0.3 is 10.1 Å². The minimum Gasteiger partial charge on any atom is -0.493 e. The van der Waals surface area contributed by atoms with Crippen molar-refractivity contribution in [1.29, 1.82) is 0 Å². The molecule has 0 heterocycles. The second-order valence-corrected chi connectivity index (χ2v) is 4.67. The van der Waals surface area contributed by atoms with Gasteiger partial charge >= 0.3 is 6.03 Å². The topological polar surface area (TPSA) is 70.6 Å². The van der Waals surface area contributed by atoms with Gasteiger partial charge in [-0.05, 0) is 36.8 Å². The molecule has 0 radical (unpaired) electrons. The lowest BCUT2D eigenvalue weighted by atomic mass is 10.1. The van der Waals surface area contributed by atoms with Gasteiger partial charge in [-0.3, -0.25) is 5.21 Å². The van der Waals surface area contributed by atoms with Gasteiger partial charge in [-0.25, -0.2) is 10.3 Å². The van der Waals surface area contributed by atoms with Crippen LogP contribution in [0.5, 0.6) is 5.75 Å². The zero-order chi connectivity index (χ0) is 15.1. The maximum absolute atomic E-state index is 10.9. The van der Waals surface area contributed by atoms with Crippen LogP contribution in [0.25, 0.3) is 0 Å². The zero-order valence-electron chi connectivity index (χ0n) is 11.8. The molecular weight excluding hydrogens is 268 g/mol. The molecule has 0 atom stereocenters. The van der Waals surface area contributed by atoms with Crippen LogP contribution in [0.4, 0.5) is 10.5 Å². The number of hydrogen-bond acceptors (Lipinski definition) is 3. The lowest BCUT2D eigenvalue weighted by molar-refractivity contribution is 0.172. The predicted octanol–water partition coefficient (Wildman–Crippen LogP) is 3.13. The highest BCUT2D eigenvalue weighted by Crippen LogP contribution is 2.16. The van der Waals surface area contributed by atoms with Gasteiger partial charge in [0.2, 0.25) is 0 Å². The Morgan fingerprint density at radius 2 is 1.76 bits per heavy atom. The van der Waals surface area contributed by atoms with Crippen molar-refractivity contribution in [3.8, 4) is 5.75 Å². The summed E-state index contributed by atoms with van der Waals surface area (Å²) in [4.78, 5) is 10.9. The van der Waals surface area contributed by atoms with Crippen molar-refractivity contribution in [2.45, 2.75) is 13.3 Å². The largest absolute Gasteiger partial charge is 0.493 e. The molecule has 0 unspecified atom stereocenters. The molecule has 2 aromatic carbocycles. The first kappa shape index (κ1) is 14.9. The van der Waals surface area contributed by atoms with Gasteiger partial charge in [-0.2, -0.15) is 0 Å². The highest BCUT2D eigenvalue weighted by molar-refractivity contribution is 5.88. The summed E-state index contributed by atoms with van der Waals surface area (Å²) in [7, 11) is 0. The van der Waals surface area contributed by atoms with Crippen LogP contribution in [-0.4, -0.2) is 17.8 Å². The Morgan fingerprint density at radius 3 is 2.38 bits per heavy atom. The van der Waals surface area contributed by atoms with Crippen LogP contribution in [0.1, 0.15) is 11.1 Å². The Labute approximate surface area is 123 Å². The van der Waals surface area contributed by atoms with E-state index in [0.717, 1.165) is 12.2 Å². The Hall–Kier alpha value is -2.53. The average molecular weight is 286 g/mol. The summed E-state index contributed by atoms with van der Waals surface area (Å²) in [5.41, 5.74) is 4.56. The first-order valence-corrected chi connectivity index (χ1v) is 6.67. The summed E-state index contributed by atoms with van der Waals surface area (Å²) >= 11 is 0. The summed E-state index contributed by atoms with van der Waals surface area (Å²) in [6.45, 7) is 2.65. The number of rotatable bonds is 5. The number of benzene rings is 2. The van der Waals surface area contributed by atoms with Crippen LogP contribution in [0.15, 0.2) is 48.5 Å². The predicted molar refractivity (Wildman–Crippen MR) is 80.8 cm³/mol. The monoisotopic (exact) mass is 286 g/mol. The Kier molecular flexibility index (Phi) is 5.17. The third-order valence-electron chi connectivity index (χ3n) is 2.99. The lowest BCUT2D eigenvalue weighted by Crippen LogP contribution is -2.24. The van der Waals surface area contributed by atoms with Gasteiger partial charge in [0.05, 0.1) is 6.61 Å². The van der Waals surface area contributed by atoms with Crippen molar-refractivity contribution in [2.75, 3.05) is 11.9 Å². The van der Waals surface area contributed by atoms with Gasteiger partial charge in [0.15, 0.2) is 0 Å². The van der Waals surface area contributed by atoms with Crippen LogP contribution >= 0.6 is 0 Å². The third kappa shape index (κ3) is 4.81. The number of carbonyl (C=O) groups excluding carboxylic acids is 1. The number of carbonyl (C=O) groups is 1. The van der Waals surface area contributed by atoms with E-state index in [1.165, 1.54) is 16.6 Å². The molecule has 2 aromatic rings. The molecule has 110 valence electrons. The molecule has 0 saturated heterocycles. The fourth-order valence-corrected chi connectivity index (χ4v) is 1.84. The van der Waals surface area contributed by atoms with Crippen LogP contribution in [-0.2, 0) is 6.42 Å². The van der Waals surface area contributed by atoms with Crippen molar-refractivity contribution in [2.24, 2.45) is 0 Å². The Morgan fingerprint density at radius 1 is 1.10 bits per heavy atom. The molecule has 0 bridgehead atoms. The maximum atomic E-state index is 10.9. The van der Waals surface area contributed by atoms with Crippen LogP contribution in [0.3, 0.4) is 0 Å². The molecule has 0 aliphatic heterocycles. The molecule has 0 aromatic heterocycles. The van der Waals surface area contributed by atoms with Gasteiger partial charge in [-0.1, -0.05) is 29.8 Å². The summed E-state index contributed by atoms with van der Waals surface area (Å²) < 4.78 is 5.65. The van der Waals surface area contributed by atoms with Crippen molar-refractivity contribution < 1.29 is 14.7 Å². The third-order valence-corrected chi connectivity index (χ3v) is 2.99. The number of nitrogens with one attached hydrogen (secondary N) is 2. The molecule has 2 rings (SSSR count). The van der Waals surface area contributed by atoms with Crippen molar-refractivity contribution in [3.05, 3.63) is 59.7 Å². The smallest absolute Gasteiger partial charge is 0.342 e. The minimum absolute atomic E-state index is 0.576. The molecule has 2 amide bonds. The van der Waals surface area contributed by atoms with E-state index in [0.29, 0.717) is 12.3 Å². The average Bonchev–Trinajstić information content (AvgIpc) is 2.51. The number of ether oxygens (including phenoxy) is 1. The maximum Gasteiger partial charge on any atom is 0.342 e. The number of urea groups is 1. The van der Waals surface area contributed by atoms with Crippen LogP contribution in [0.2, 0.25) is 0 Å². The second kappa shape index (κ2) is 7.31. The SMILES string of the molecule is Cc1ccc(CCOc2ccc(NC(=O)NO)cc2)cc1. The second-order valence-electron chi connectivity index (χ2n) is 4.67. The van der Waals surface area contributed by atoms with Gasteiger partial charge in [0, 0.05) is 12.1 Å². The van der Waals surface area contributed by atoms with E-state index >= 15 is 0 Å². The molecule has 3 N–H and O–H groups in total. The fourth-order valence-electron chi connectivity index (χ4n) is 1.84. The number of aryl methyl sites for hydroxylation is 1. The first-order valence-electron chi connectivity index (χ1n) is 6.67. The zero-order valence-corrected chi connectivity index (χ0v) is 11.8. The number of amides is 2. The van der Waals surface area contributed by atoms with Gasteiger partial charge in [-0.15, -0.1) is 0 Å². The van der Waals surface area contributed by atoms with E-state index < -0.39 is 6.03 Å². The fraction of sp³-hybridized carbons (Fsp3) is 0.188. The molecule has 0 aliphatic carbocycles. The number of hydroxylamine groups is 1. The number of hydrogen-bond donors (Lipinski definition) is 3. The van der Waals surface area contributed by atoms with Gasteiger partial charge in [0.1, 0.15) is 5.75 Å². The normalized spacial score (nSPS) is 10.0. The van der Waals surface area contributed by atoms with E-state index in [1.807, 2.05) is 0 Å². The van der Waals surface area contributed by atoms with Crippen molar-refractivity contribution >= 4 is 11.7 Å². The van der Waals surface area contributed by atoms with Crippen LogP contribution in [0, 0.1) is 6.92 Å². The number of anilines is 1. The first-order chi connectivity index (χ1) is 10.2. The summed E-state index contributed by atoms with van der Waals surface area (Å²) in [5.74, 6) is 0.733. The molecule has 0 spiro atoms. The molecule has 5 nitrogen and oxygen atoms in total. The van der Waals surface area contributed by atoms with E-state index in [2.05, 4.69) is 36.5 Å². The summed E-state index contributed by atoms with van der Waals surface area (Å²) in [5, 5.41) is 10.9. The van der Waals surface area contributed by atoms with Crippen molar-refractivity contribution in [3.63, 3.8) is 0 Å². The molecule has 21 heavy (non-hydrogen) atoms. The summed E-state index contributed by atoms with van der Waals surface area (Å²) in [6.07, 6.45) is 0.840. The molecule has 5 heteroatoms. The molecule has 0 fully saturated rings. The highest BCUT2D eigenvalue weighted by atomic mass is 16.5. The van der Waals surface area contributed by atoms with E-state index in [9.17, 15) is 4.79 Å². The quantitative estimate of drug-likeness (QED) is 0.584. The molecule has 0 saturated carbocycles. The van der Waals surface area contributed by atoms with Crippen molar-refractivity contribution in [1.82, 2.24) is 5.48 Å². The lowest BCUT2D eigenvalue weighted by Gasteiger charge is -2.08. The van der Waals surface area contributed by atoms with E-state index in [-0.39, 0.29) is 0 Å². The summed E-state index contributed by atoms with van der Waals surface area (Å²) in [6, 6.07) is 14.6. The minimum atomic E-state index is -0.678. The molecular formula is C16H18N2O3. The van der Waals surface area contributed by atoms with E-state index in [1.54, 1.807) is 24.3 Å². The standard InChI is InChI=1S/C16H18N2O3/c1-12-2-4-13(5-3-12)10-11-21-15-8-6-14(7-9-15)17-16(19)18-20/h2-9,20H,10-11H2,1H3,(H2,17,18,19). The van der Waals surface area contributed by atoms with Crippen LogP contribution < -0.4 is 15.5 Å². The highest BCUT2D eigenvalue weighted by Gasteiger charge is 2.00. The van der Waals surface area contributed by atoms with E-state index in [4.69, 9.17) is 9.94 Å². The van der Waals surface area contributed by atoms with Gasteiger partial charge in [0.25, 0.3) is 0 Å². The molecule has 0 aliphatic rings. The Bertz CT molecular complexity index is 579.